The maximum absolute atomic E-state index is 5.80. The molecule has 0 spiro atoms. The molecule has 0 atom stereocenters. The molecular formula is C12H20N2OS. The van der Waals surface area contributed by atoms with E-state index in [0.29, 0.717) is 12.5 Å². The average molecular weight is 240 g/mol. The van der Waals surface area contributed by atoms with Gasteiger partial charge in [0.2, 0.25) is 0 Å². The molecule has 4 heteroatoms. The van der Waals surface area contributed by atoms with Gasteiger partial charge in [0.1, 0.15) is 0 Å². The van der Waals surface area contributed by atoms with Crippen molar-refractivity contribution in [3.8, 4) is 0 Å². The number of thiazole rings is 1. The van der Waals surface area contributed by atoms with Crippen LogP contribution in [0.5, 0.6) is 0 Å². The van der Waals surface area contributed by atoms with Crippen molar-refractivity contribution >= 4 is 11.3 Å². The van der Waals surface area contributed by atoms with Gasteiger partial charge in [-0.05, 0) is 12.3 Å². The third-order valence-corrected chi connectivity index (χ3v) is 3.89. The summed E-state index contributed by atoms with van der Waals surface area (Å²) in [5.74, 6) is 0.672. The lowest BCUT2D eigenvalue weighted by molar-refractivity contribution is -0.106. The van der Waals surface area contributed by atoms with Gasteiger partial charge >= 0.3 is 0 Å². The van der Waals surface area contributed by atoms with Crippen molar-refractivity contribution in [3.63, 3.8) is 0 Å². The molecule has 1 aliphatic heterocycles. The van der Waals surface area contributed by atoms with E-state index in [1.165, 1.54) is 10.7 Å². The highest BCUT2D eigenvalue weighted by atomic mass is 32.1. The maximum Gasteiger partial charge on any atom is 0.0936 e. The predicted molar refractivity (Wildman–Crippen MR) is 66.7 cm³/mol. The van der Waals surface area contributed by atoms with Crippen molar-refractivity contribution in [2.75, 3.05) is 19.8 Å². The van der Waals surface area contributed by atoms with Crippen LogP contribution >= 0.6 is 11.3 Å². The lowest BCUT2D eigenvalue weighted by atomic mass is 9.83. The van der Waals surface area contributed by atoms with Crippen molar-refractivity contribution < 1.29 is 4.74 Å². The number of nitrogens with two attached hydrogens (primary N) is 1. The summed E-state index contributed by atoms with van der Waals surface area (Å²) < 4.78 is 5.27. The molecule has 2 N–H and O–H groups in total. The van der Waals surface area contributed by atoms with Crippen molar-refractivity contribution in [2.45, 2.75) is 26.7 Å². The Labute approximate surface area is 101 Å². The van der Waals surface area contributed by atoms with Crippen LogP contribution in [0, 0.1) is 11.3 Å². The molecule has 1 fully saturated rings. The van der Waals surface area contributed by atoms with Gasteiger partial charge in [0.15, 0.2) is 0 Å². The summed E-state index contributed by atoms with van der Waals surface area (Å²) in [4.78, 5) is 4.67. The fraction of sp³-hybridized carbons (Fsp3) is 0.750. The Morgan fingerprint density at radius 1 is 1.56 bits per heavy atom. The third kappa shape index (κ3) is 2.62. The molecule has 0 unspecified atom stereocenters. The summed E-state index contributed by atoms with van der Waals surface area (Å²) >= 11 is 1.76. The topological polar surface area (TPSA) is 48.1 Å². The number of aromatic nitrogens is 1. The Bertz CT molecular complexity index is 339. The lowest BCUT2D eigenvalue weighted by Crippen LogP contribution is -2.49. The van der Waals surface area contributed by atoms with Crippen molar-refractivity contribution in [3.05, 3.63) is 16.1 Å². The number of hydrogen-bond acceptors (Lipinski definition) is 4. The molecule has 0 radical (unpaired) electrons. The number of rotatable bonds is 5. The standard InChI is InChI=1S/C12H20N2OS/c1-9(2)3-10-5-16-11(14-10)4-12(6-13)7-15-8-12/h5,9H,3-4,6-8,13H2,1-2H3. The third-order valence-electron chi connectivity index (χ3n) is 2.99. The van der Waals surface area contributed by atoms with E-state index in [1.54, 1.807) is 11.3 Å². The fourth-order valence-electron chi connectivity index (χ4n) is 1.95. The molecule has 90 valence electrons. The molecule has 0 aliphatic carbocycles. The van der Waals surface area contributed by atoms with Crippen molar-refractivity contribution in [1.29, 1.82) is 0 Å². The average Bonchev–Trinajstić information content (AvgIpc) is 2.58. The van der Waals surface area contributed by atoms with Crippen LogP contribution in [0.15, 0.2) is 5.38 Å². The minimum atomic E-state index is 0.174. The maximum atomic E-state index is 5.80. The SMILES string of the molecule is CC(C)Cc1csc(CC2(CN)COC2)n1. The van der Waals surface area contributed by atoms with Gasteiger partial charge in [0.25, 0.3) is 0 Å². The van der Waals surface area contributed by atoms with Crippen LogP contribution in [-0.2, 0) is 17.6 Å². The van der Waals surface area contributed by atoms with Crippen LogP contribution < -0.4 is 5.73 Å². The molecule has 0 aromatic carbocycles. The Morgan fingerprint density at radius 2 is 2.31 bits per heavy atom. The van der Waals surface area contributed by atoms with E-state index in [1.807, 2.05) is 0 Å². The number of nitrogens with zero attached hydrogens (tertiary/aromatic N) is 1. The molecule has 0 bridgehead atoms. The van der Waals surface area contributed by atoms with Crippen molar-refractivity contribution in [2.24, 2.45) is 17.1 Å². The van der Waals surface area contributed by atoms with E-state index in [9.17, 15) is 0 Å². The number of ether oxygens (including phenoxy) is 1. The van der Waals surface area contributed by atoms with Crippen LogP contribution in [0.1, 0.15) is 24.5 Å². The lowest BCUT2D eigenvalue weighted by Gasteiger charge is -2.39. The van der Waals surface area contributed by atoms with E-state index in [-0.39, 0.29) is 5.41 Å². The minimum Gasteiger partial charge on any atom is -0.380 e. The molecule has 2 rings (SSSR count). The zero-order chi connectivity index (χ0) is 11.6. The monoisotopic (exact) mass is 240 g/mol. The normalized spacial score (nSPS) is 18.8. The zero-order valence-electron chi connectivity index (χ0n) is 10.0. The Balaban J connectivity index is 1.97. The molecule has 1 aromatic heterocycles. The summed E-state index contributed by atoms with van der Waals surface area (Å²) in [5.41, 5.74) is 7.20. The van der Waals surface area contributed by atoms with Gasteiger partial charge in [-0.2, -0.15) is 0 Å². The summed E-state index contributed by atoms with van der Waals surface area (Å²) in [6.45, 7) is 6.73. The summed E-state index contributed by atoms with van der Waals surface area (Å²) in [7, 11) is 0. The van der Waals surface area contributed by atoms with Crippen molar-refractivity contribution in [1.82, 2.24) is 4.98 Å². The minimum absolute atomic E-state index is 0.174. The second-order valence-corrected chi connectivity index (χ2v) is 6.15. The summed E-state index contributed by atoms with van der Waals surface area (Å²) in [5, 5.41) is 3.39. The molecule has 1 saturated heterocycles. The summed E-state index contributed by atoms with van der Waals surface area (Å²) in [6, 6.07) is 0. The van der Waals surface area contributed by atoms with E-state index in [4.69, 9.17) is 10.5 Å². The van der Waals surface area contributed by atoms with Gasteiger partial charge in [-0.15, -0.1) is 11.3 Å². The molecule has 2 heterocycles. The van der Waals surface area contributed by atoms with Crippen LogP contribution in [0.3, 0.4) is 0 Å². The Hall–Kier alpha value is -0.450. The van der Waals surface area contributed by atoms with Crippen LogP contribution in [-0.4, -0.2) is 24.7 Å². The van der Waals surface area contributed by atoms with E-state index in [0.717, 1.165) is 26.1 Å². The van der Waals surface area contributed by atoms with Crippen LogP contribution in [0.4, 0.5) is 0 Å². The highest BCUT2D eigenvalue weighted by Crippen LogP contribution is 2.31. The van der Waals surface area contributed by atoms with Gasteiger partial charge in [0, 0.05) is 23.8 Å². The molecular weight excluding hydrogens is 220 g/mol. The first kappa shape index (κ1) is 12.0. The molecule has 0 saturated carbocycles. The van der Waals surface area contributed by atoms with E-state index >= 15 is 0 Å². The second-order valence-electron chi connectivity index (χ2n) is 5.20. The Morgan fingerprint density at radius 3 is 2.81 bits per heavy atom. The van der Waals surface area contributed by atoms with Gasteiger partial charge in [-0.1, -0.05) is 13.8 Å². The molecule has 3 nitrogen and oxygen atoms in total. The zero-order valence-corrected chi connectivity index (χ0v) is 10.8. The largest absolute Gasteiger partial charge is 0.380 e. The quantitative estimate of drug-likeness (QED) is 0.854. The van der Waals surface area contributed by atoms with Gasteiger partial charge < -0.3 is 10.5 Å². The molecule has 1 aromatic rings. The number of hydrogen-bond donors (Lipinski definition) is 1. The first-order chi connectivity index (χ1) is 7.63. The first-order valence-electron chi connectivity index (χ1n) is 5.85. The highest BCUT2D eigenvalue weighted by Gasteiger charge is 2.38. The predicted octanol–water partition coefficient (Wildman–Crippen LogP) is 1.86. The Kier molecular flexibility index (Phi) is 3.62. The van der Waals surface area contributed by atoms with E-state index in [2.05, 4.69) is 24.2 Å². The van der Waals surface area contributed by atoms with Gasteiger partial charge in [-0.25, -0.2) is 4.98 Å². The van der Waals surface area contributed by atoms with Gasteiger partial charge in [-0.3, -0.25) is 0 Å². The molecule has 1 aliphatic rings. The fourth-order valence-corrected chi connectivity index (χ4v) is 2.93. The highest BCUT2D eigenvalue weighted by molar-refractivity contribution is 7.09. The molecule has 0 amide bonds. The first-order valence-corrected chi connectivity index (χ1v) is 6.73. The van der Waals surface area contributed by atoms with Crippen LogP contribution in [0.2, 0.25) is 0 Å². The second kappa shape index (κ2) is 4.82. The summed E-state index contributed by atoms with van der Waals surface area (Å²) in [6.07, 6.45) is 2.05. The van der Waals surface area contributed by atoms with Gasteiger partial charge in [0.05, 0.1) is 23.9 Å². The van der Waals surface area contributed by atoms with Crippen LogP contribution in [0.25, 0.3) is 0 Å². The molecule has 16 heavy (non-hydrogen) atoms. The smallest absolute Gasteiger partial charge is 0.0936 e. The van der Waals surface area contributed by atoms with E-state index < -0.39 is 0 Å².